The topological polar surface area (TPSA) is 41.6 Å². The van der Waals surface area contributed by atoms with Crippen molar-refractivity contribution in [3.05, 3.63) is 65.2 Å². The molecular formula is C22H25ClN2O2. The number of nitrogens with one attached hydrogen (secondary N) is 1. The van der Waals surface area contributed by atoms with E-state index in [2.05, 4.69) is 10.2 Å². The smallest absolute Gasteiger partial charge is 0.248 e. The summed E-state index contributed by atoms with van der Waals surface area (Å²) in [6.07, 6.45) is 7.13. The number of amides is 1. The highest BCUT2D eigenvalue weighted by Gasteiger charge is 2.10. The average molecular weight is 385 g/mol. The third-order valence-electron chi connectivity index (χ3n) is 4.55. The first-order valence-electron chi connectivity index (χ1n) is 9.39. The van der Waals surface area contributed by atoms with Gasteiger partial charge in [-0.25, -0.2) is 0 Å². The van der Waals surface area contributed by atoms with Crippen molar-refractivity contribution < 1.29 is 9.53 Å². The summed E-state index contributed by atoms with van der Waals surface area (Å²) in [6, 6.07) is 15.0. The molecule has 0 bridgehead atoms. The summed E-state index contributed by atoms with van der Waals surface area (Å²) >= 11 is 6.21. The van der Waals surface area contributed by atoms with E-state index in [0.717, 1.165) is 25.2 Å². The zero-order valence-corrected chi connectivity index (χ0v) is 16.1. The fourth-order valence-corrected chi connectivity index (χ4v) is 3.24. The van der Waals surface area contributed by atoms with Gasteiger partial charge in [0.15, 0.2) is 0 Å². The number of anilines is 1. The van der Waals surface area contributed by atoms with Crippen molar-refractivity contribution in [1.82, 2.24) is 4.90 Å². The molecule has 0 aromatic heterocycles. The molecule has 1 saturated heterocycles. The molecule has 0 aliphatic carbocycles. The Kier molecular flexibility index (Phi) is 7.31. The lowest BCUT2D eigenvalue weighted by atomic mass is 10.1. The van der Waals surface area contributed by atoms with Crippen LogP contribution in [0.4, 0.5) is 5.69 Å². The molecule has 27 heavy (non-hydrogen) atoms. The molecule has 3 rings (SSSR count). The van der Waals surface area contributed by atoms with Crippen LogP contribution in [0.2, 0.25) is 5.02 Å². The van der Waals surface area contributed by atoms with Gasteiger partial charge >= 0.3 is 0 Å². The molecule has 1 aliphatic rings. The molecule has 4 nitrogen and oxygen atoms in total. The number of carbonyl (C=O) groups is 1. The van der Waals surface area contributed by atoms with Gasteiger partial charge in [-0.2, -0.15) is 0 Å². The van der Waals surface area contributed by atoms with Gasteiger partial charge in [-0.15, -0.1) is 0 Å². The van der Waals surface area contributed by atoms with E-state index in [1.54, 1.807) is 18.2 Å². The number of benzene rings is 2. The van der Waals surface area contributed by atoms with Crippen LogP contribution in [0.5, 0.6) is 5.75 Å². The van der Waals surface area contributed by atoms with Crippen LogP contribution in [0.15, 0.2) is 54.6 Å². The normalized spacial score (nSPS) is 15.0. The summed E-state index contributed by atoms with van der Waals surface area (Å²) < 4.78 is 5.85. The molecule has 0 atom stereocenters. The van der Waals surface area contributed by atoms with Crippen LogP contribution in [0.3, 0.4) is 0 Å². The van der Waals surface area contributed by atoms with Crippen LogP contribution in [0.1, 0.15) is 24.8 Å². The molecular weight excluding hydrogens is 360 g/mol. The highest BCUT2D eigenvalue weighted by molar-refractivity contribution is 6.33. The molecule has 0 radical (unpaired) electrons. The molecule has 1 amide bonds. The van der Waals surface area contributed by atoms with Crippen molar-refractivity contribution in [3.8, 4) is 5.75 Å². The predicted octanol–water partition coefficient (Wildman–Crippen LogP) is 4.86. The van der Waals surface area contributed by atoms with E-state index in [4.69, 9.17) is 16.3 Å². The zero-order valence-electron chi connectivity index (χ0n) is 15.4. The van der Waals surface area contributed by atoms with Crippen molar-refractivity contribution in [3.63, 3.8) is 0 Å². The van der Waals surface area contributed by atoms with Gasteiger partial charge in [-0.05, 0) is 49.7 Å². The number of ether oxygens (including phenoxy) is 1. The largest absolute Gasteiger partial charge is 0.492 e. The minimum absolute atomic E-state index is 0.230. The van der Waals surface area contributed by atoms with E-state index >= 15 is 0 Å². The fourth-order valence-electron chi connectivity index (χ4n) is 3.08. The maximum atomic E-state index is 12.2. The van der Waals surface area contributed by atoms with Gasteiger partial charge in [0.25, 0.3) is 0 Å². The van der Waals surface area contributed by atoms with E-state index in [-0.39, 0.29) is 5.91 Å². The number of hydrogen-bond acceptors (Lipinski definition) is 3. The van der Waals surface area contributed by atoms with E-state index in [1.807, 2.05) is 36.4 Å². The zero-order chi connectivity index (χ0) is 18.9. The number of likely N-dealkylation sites (tertiary alicyclic amines) is 1. The van der Waals surface area contributed by atoms with Gasteiger partial charge in [0, 0.05) is 18.7 Å². The standard InChI is InChI=1S/C22H25ClN2O2/c23-20-11-10-19(27-16-15-25-13-5-2-6-14-25)17-21(20)24-22(26)12-9-18-7-3-1-4-8-18/h1,3-4,7-12,17H,2,5-6,13-16H2,(H,24,26). The van der Waals surface area contributed by atoms with E-state index in [0.29, 0.717) is 23.1 Å². The second kappa shape index (κ2) is 10.1. The third kappa shape index (κ3) is 6.42. The quantitative estimate of drug-likeness (QED) is 0.693. The number of halogens is 1. The summed E-state index contributed by atoms with van der Waals surface area (Å²) in [4.78, 5) is 14.6. The number of nitrogens with zero attached hydrogens (tertiary/aromatic N) is 1. The molecule has 0 unspecified atom stereocenters. The van der Waals surface area contributed by atoms with Gasteiger partial charge in [0.2, 0.25) is 5.91 Å². The predicted molar refractivity (Wildman–Crippen MR) is 111 cm³/mol. The Bertz CT molecular complexity index is 771. The third-order valence-corrected chi connectivity index (χ3v) is 4.88. The van der Waals surface area contributed by atoms with Gasteiger partial charge in [0.05, 0.1) is 10.7 Å². The first kappa shape index (κ1) is 19.5. The van der Waals surface area contributed by atoms with Crippen molar-refractivity contribution in [1.29, 1.82) is 0 Å². The summed E-state index contributed by atoms with van der Waals surface area (Å²) in [5.74, 6) is 0.477. The number of rotatable bonds is 7. The van der Waals surface area contributed by atoms with Crippen molar-refractivity contribution >= 4 is 29.3 Å². The van der Waals surface area contributed by atoms with E-state index in [9.17, 15) is 4.79 Å². The van der Waals surface area contributed by atoms with Crippen molar-refractivity contribution in [2.75, 3.05) is 31.6 Å². The lowest BCUT2D eigenvalue weighted by Crippen LogP contribution is -2.33. The minimum atomic E-state index is -0.230. The SMILES string of the molecule is O=C(C=Cc1ccccc1)Nc1cc(OCCN2CCCCC2)ccc1Cl. The Hall–Kier alpha value is -2.30. The van der Waals surface area contributed by atoms with Crippen LogP contribution < -0.4 is 10.1 Å². The van der Waals surface area contributed by atoms with Crippen LogP contribution in [0.25, 0.3) is 6.08 Å². The molecule has 5 heteroatoms. The van der Waals surface area contributed by atoms with Crippen LogP contribution in [-0.4, -0.2) is 37.0 Å². The molecule has 1 aliphatic heterocycles. The maximum absolute atomic E-state index is 12.2. The summed E-state index contributed by atoms with van der Waals surface area (Å²) in [7, 11) is 0. The summed E-state index contributed by atoms with van der Waals surface area (Å²) in [5, 5.41) is 3.30. The summed E-state index contributed by atoms with van der Waals surface area (Å²) in [5.41, 5.74) is 1.52. The number of piperidine rings is 1. The Morgan fingerprint density at radius 1 is 1.11 bits per heavy atom. The number of carbonyl (C=O) groups excluding carboxylic acids is 1. The molecule has 0 spiro atoms. The molecule has 1 N–H and O–H groups in total. The average Bonchev–Trinajstić information content (AvgIpc) is 2.70. The first-order valence-corrected chi connectivity index (χ1v) is 9.77. The Morgan fingerprint density at radius 2 is 1.89 bits per heavy atom. The Labute approximate surface area is 165 Å². The van der Waals surface area contributed by atoms with Gasteiger partial charge < -0.3 is 10.1 Å². The second-order valence-corrected chi connectivity index (χ2v) is 7.03. The van der Waals surface area contributed by atoms with Gasteiger partial charge in [0.1, 0.15) is 12.4 Å². The molecule has 1 heterocycles. The molecule has 2 aromatic carbocycles. The highest BCUT2D eigenvalue weighted by Crippen LogP contribution is 2.27. The van der Waals surface area contributed by atoms with Crippen molar-refractivity contribution in [2.45, 2.75) is 19.3 Å². The van der Waals surface area contributed by atoms with Gasteiger partial charge in [-0.3, -0.25) is 9.69 Å². The van der Waals surface area contributed by atoms with E-state index < -0.39 is 0 Å². The second-order valence-electron chi connectivity index (χ2n) is 6.63. The molecule has 0 saturated carbocycles. The lowest BCUT2D eigenvalue weighted by Gasteiger charge is -2.26. The summed E-state index contributed by atoms with van der Waals surface area (Å²) in [6.45, 7) is 3.85. The fraction of sp³-hybridized carbons (Fsp3) is 0.318. The molecule has 1 fully saturated rings. The number of hydrogen-bond donors (Lipinski definition) is 1. The Morgan fingerprint density at radius 3 is 2.67 bits per heavy atom. The molecule has 142 valence electrons. The maximum Gasteiger partial charge on any atom is 0.248 e. The Balaban J connectivity index is 1.53. The highest BCUT2D eigenvalue weighted by atomic mass is 35.5. The lowest BCUT2D eigenvalue weighted by molar-refractivity contribution is -0.111. The van der Waals surface area contributed by atoms with Crippen molar-refractivity contribution in [2.24, 2.45) is 0 Å². The monoisotopic (exact) mass is 384 g/mol. The van der Waals surface area contributed by atoms with E-state index in [1.165, 1.54) is 25.3 Å². The minimum Gasteiger partial charge on any atom is -0.492 e. The first-order chi connectivity index (χ1) is 13.2. The van der Waals surface area contributed by atoms with Crippen LogP contribution in [-0.2, 0) is 4.79 Å². The van der Waals surface area contributed by atoms with Crippen LogP contribution in [0, 0.1) is 0 Å². The van der Waals surface area contributed by atoms with Gasteiger partial charge in [-0.1, -0.05) is 48.4 Å². The molecule has 2 aromatic rings. The van der Waals surface area contributed by atoms with Crippen LogP contribution >= 0.6 is 11.6 Å².